The lowest BCUT2D eigenvalue weighted by Crippen LogP contribution is -2.21. The molecule has 2 unspecified atom stereocenters. The van der Waals surface area contributed by atoms with Gasteiger partial charge in [0, 0.05) is 6.07 Å². The van der Waals surface area contributed by atoms with Gasteiger partial charge in [-0.15, -0.1) is 11.6 Å². The topological polar surface area (TPSA) is 79.4 Å². The number of nitrogens with two attached hydrogens (primary N) is 1. The number of aliphatic hydroxyl groups excluding tert-OH is 2. The molecule has 78 valence electrons. The lowest BCUT2D eigenvalue weighted by Gasteiger charge is -2.16. The van der Waals surface area contributed by atoms with E-state index in [4.69, 9.17) is 17.3 Å². The maximum absolute atomic E-state index is 12.6. The minimum Gasteiger partial charge on any atom is -0.397 e. The highest BCUT2D eigenvalue weighted by atomic mass is 35.5. The standard InChI is InChI=1S/C8H10ClFN2O2/c9-2-6(13)8(14)7-5(11)1-4(10)3-12-7/h1,3,6,8,13-14H,2,11H2. The molecule has 6 heteroatoms. The highest BCUT2D eigenvalue weighted by molar-refractivity contribution is 6.18. The molecule has 1 rings (SSSR count). The number of anilines is 1. The van der Waals surface area contributed by atoms with Crippen molar-refractivity contribution in [2.24, 2.45) is 0 Å². The first kappa shape index (κ1) is 11.2. The fourth-order valence-electron chi connectivity index (χ4n) is 0.979. The van der Waals surface area contributed by atoms with Crippen molar-refractivity contribution >= 4 is 17.3 Å². The minimum absolute atomic E-state index is 0.0123. The van der Waals surface area contributed by atoms with Crippen LogP contribution in [0.15, 0.2) is 12.3 Å². The molecule has 1 aromatic rings. The zero-order chi connectivity index (χ0) is 10.7. The smallest absolute Gasteiger partial charge is 0.143 e. The van der Waals surface area contributed by atoms with Crippen molar-refractivity contribution < 1.29 is 14.6 Å². The molecular weight excluding hydrogens is 211 g/mol. The Balaban J connectivity index is 2.95. The zero-order valence-corrected chi connectivity index (χ0v) is 7.95. The average Bonchev–Trinajstić information content (AvgIpc) is 2.15. The molecule has 0 fully saturated rings. The largest absolute Gasteiger partial charge is 0.397 e. The van der Waals surface area contributed by atoms with E-state index in [9.17, 15) is 14.6 Å². The summed E-state index contributed by atoms with van der Waals surface area (Å²) in [6, 6.07) is 1.02. The van der Waals surface area contributed by atoms with Crippen LogP contribution in [0.5, 0.6) is 0 Å². The first-order valence-corrected chi connectivity index (χ1v) is 4.42. The van der Waals surface area contributed by atoms with Crippen LogP contribution in [0.1, 0.15) is 11.8 Å². The molecule has 1 aromatic heterocycles. The summed E-state index contributed by atoms with van der Waals surface area (Å²) in [5.41, 5.74) is 5.41. The van der Waals surface area contributed by atoms with Gasteiger partial charge in [-0.05, 0) is 0 Å². The third-order valence-corrected chi connectivity index (χ3v) is 2.04. The van der Waals surface area contributed by atoms with Gasteiger partial charge in [0.2, 0.25) is 0 Å². The minimum atomic E-state index is -1.30. The highest BCUT2D eigenvalue weighted by Crippen LogP contribution is 2.21. The van der Waals surface area contributed by atoms with E-state index in [1.807, 2.05) is 0 Å². The van der Waals surface area contributed by atoms with E-state index in [0.29, 0.717) is 0 Å². The van der Waals surface area contributed by atoms with Crippen LogP contribution in [0, 0.1) is 5.82 Å². The highest BCUT2D eigenvalue weighted by Gasteiger charge is 2.21. The summed E-state index contributed by atoms with van der Waals surface area (Å²) < 4.78 is 12.6. The van der Waals surface area contributed by atoms with Crippen LogP contribution in [0.3, 0.4) is 0 Å². The molecule has 0 spiro atoms. The van der Waals surface area contributed by atoms with Crippen molar-refractivity contribution in [3.05, 3.63) is 23.8 Å². The molecule has 0 bridgehead atoms. The lowest BCUT2D eigenvalue weighted by molar-refractivity contribution is 0.0304. The first-order valence-electron chi connectivity index (χ1n) is 3.89. The summed E-state index contributed by atoms with van der Waals surface area (Å²) in [5.74, 6) is -0.751. The maximum atomic E-state index is 12.6. The van der Waals surface area contributed by atoms with Crippen LogP contribution < -0.4 is 5.73 Å². The van der Waals surface area contributed by atoms with Crippen molar-refractivity contribution in [2.75, 3.05) is 11.6 Å². The molecule has 0 radical (unpaired) electrons. The van der Waals surface area contributed by atoms with Crippen LogP contribution in [-0.2, 0) is 0 Å². The van der Waals surface area contributed by atoms with E-state index < -0.39 is 18.0 Å². The number of rotatable bonds is 3. The van der Waals surface area contributed by atoms with Gasteiger partial charge in [0.05, 0.1) is 29.6 Å². The van der Waals surface area contributed by atoms with Gasteiger partial charge in [-0.2, -0.15) is 0 Å². The lowest BCUT2D eigenvalue weighted by atomic mass is 10.1. The van der Waals surface area contributed by atoms with Crippen LogP contribution in [0.2, 0.25) is 0 Å². The molecule has 0 aliphatic carbocycles. The molecule has 0 saturated carbocycles. The van der Waals surface area contributed by atoms with Crippen LogP contribution in [0.4, 0.5) is 10.1 Å². The second-order valence-corrected chi connectivity index (χ2v) is 3.10. The number of alkyl halides is 1. The second-order valence-electron chi connectivity index (χ2n) is 2.79. The predicted molar refractivity (Wildman–Crippen MR) is 50.3 cm³/mol. The van der Waals surface area contributed by atoms with Crippen molar-refractivity contribution in [3.8, 4) is 0 Å². The molecule has 4 nitrogen and oxygen atoms in total. The first-order chi connectivity index (χ1) is 6.56. The molecule has 0 amide bonds. The van der Waals surface area contributed by atoms with Gasteiger partial charge in [-0.3, -0.25) is 4.98 Å². The van der Waals surface area contributed by atoms with Crippen molar-refractivity contribution in [1.82, 2.24) is 4.98 Å². The van der Waals surface area contributed by atoms with Crippen molar-refractivity contribution in [1.29, 1.82) is 0 Å². The van der Waals surface area contributed by atoms with E-state index in [2.05, 4.69) is 4.98 Å². The number of pyridine rings is 1. The number of aliphatic hydroxyl groups is 2. The van der Waals surface area contributed by atoms with Gasteiger partial charge < -0.3 is 15.9 Å². The SMILES string of the molecule is Nc1cc(F)cnc1C(O)C(O)CCl. The Hall–Kier alpha value is -0.910. The molecular formula is C8H10ClFN2O2. The Morgan fingerprint density at radius 1 is 1.57 bits per heavy atom. The fourth-order valence-corrected chi connectivity index (χ4v) is 1.15. The monoisotopic (exact) mass is 220 g/mol. The third kappa shape index (κ3) is 2.31. The van der Waals surface area contributed by atoms with E-state index in [-0.39, 0.29) is 17.3 Å². The molecule has 14 heavy (non-hydrogen) atoms. The van der Waals surface area contributed by atoms with Crippen LogP contribution in [-0.4, -0.2) is 27.2 Å². The Labute approximate surface area is 85.1 Å². The van der Waals surface area contributed by atoms with E-state index in [1.165, 1.54) is 0 Å². The van der Waals surface area contributed by atoms with Gasteiger partial charge in [-0.25, -0.2) is 4.39 Å². The summed E-state index contributed by atoms with van der Waals surface area (Å²) >= 11 is 5.33. The van der Waals surface area contributed by atoms with Gasteiger partial charge in [-0.1, -0.05) is 0 Å². The summed E-state index contributed by atoms with van der Waals surface area (Å²) in [4.78, 5) is 3.58. The number of nitrogen functional groups attached to an aromatic ring is 1. The van der Waals surface area contributed by atoms with E-state index >= 15 is 0 Å². The van der Waals surface area contributed by atoms with Gasteiger partial charge >= 0.3 is 0 Å². The number of nitrogens with zero attached hydrogens (tertiary/aromatic N) is 1. The quantitative estimate of drug-likeness (QED) is 0.646. The van der Waals surface area contributed by atoms with Crippen LogP contribution >= 0.6 is 11.6 Å². The fraction of sp³-hybridized carbons (Fsp3) is 0.375. The molecule has 1 heterocycles. The number of aromatic nitrogens is 1. The molecule has 2 atom stereocenters. The van der Waals surface area contributed by atoms with Gasteiger partial charge in [0.25, 0.3) is 0 Å². The molecule has 0 saturated heterocycles. The average molecular weight is 221 g/mol. The second kappa shape index (κ2) is 4.54. The number of hydrogen-bond acceptors (Lipinski definition) is 4. The summed E-state index contributed by atoms with van der Waals surface area (Å²) in [6.45, 7) is 0. The Morgan fingerprint density at radius 2 is 2.21 bits per heavy atom. The van der Waals surface area contributed by atoms with Gasteiger partial charge in [0.1, 0.15) is 11.9 Å². The molecule has 0 aromatic carbocycles. The molecule has 4 N–H and O–H groups in total. The zero-order valence-electron chi connectivity index (χ0n) is 7.19. The number of hydrogen-bond donors (Lipinski definition) is 3. The van der Waals surface area contributed by atoms with Gasteiger partial charge in [0.15, 0.2) is 0 Å². The Morgan fingerprint density at radius 3 is 2.71 bits per heavy atom. The van der Waals surface area contributed by atoms with E-state index in [0.717, 1.165) is 12.3 Å². The predicted octanol–water partition coefficient (Wildman–Crippen LogP) is 0.436. The maximum Gasteiger partial charge on any atom is 0.143 e. The van der Waals surface area contributed by atoms with Crippen LogP contribution in [0.25, 0.3) is 0 Å². The van der Waals surface area contributed by atoms with E-state index in [1.54, 1.807) is 0 Å². The summed E-state index contributed by atoms with van der Waals surface area (Å²) in [5, 5.41) is 18.7. The Bertz CT molecular complexity index is 324. The van der Waals surface area contributed by atoms with Crippen molar-refractivity contribution in [2.45, 2.75) is 12.2 Å². The third-order valence-electron chi connectivity index (χ3n) is 1.72. The molecule has 0 aliphatic heterocycles. The molecule has 0 aliphatic rings. The Kier molecular flexibility index (Phi) is 3.62. The van der Waals surface area contributed by atoms with Crippen molar-refractivity contribution in [3.63, 3.8) is 0 Å². The normalized spacial score (nSPS) is 15.1. The summed E-state index contributed by atoms with van der Waals surface area (Å²) in [7, 11) is 0. The number of halogens is 2. The summed E-state index contributed by atoms with van der Waals surface area (Å²) in [6.07, 6.45) is -1.56.